The third kappa shape index (κ3) is 2.76. The number of piperidine rings is 1. The fourth-order valence-electron chi connectivity index (χ4n) is 2.67. The number of benzene rings is 1. The molecule has 0 spiro atoms. The molecule has 2 amide bonds. The van der Waals surface area contributed by atoms with Gasteiger partial charge in [-0.15, -0.1) is 0 Å². The molecule has 3 rings (SSSR count). The van der Waals surface area contributed by atoms with Crippen LogP contribution in [0.3, 0.4) is 0 Å². The van der Waals surface area contributed by atoms with Crippen molar-refractivity contribution < 1.29 is 14.3 Å². The summed E-state index contributed by atoms with van der Waals surface area (Å²) in [5.74, 6) is 0.801. The number of rotatable bonds is 2. The van der Waals surface area contributed by atoms with Crippen LogP contribution in [-0.2, 0) is 16.0 Å². The highest BCUT2D eigenvalue weighted by Crippen LogP contribution is 2.26. The molecule has 0 aliphatic carbocycles. The van der Waals surface area contributed by atoms with Crippen LogP contribution >= 0.6 is 0 Å². The maximum Gasteiger partial charge on any atom is 0.227 e. The smallest absolute Gasteiger partial charge is 0.227 e. The fourth-order valence-corrected chi connectivity index (χ4v) is 2.67. The monoisotopic (exact) mass is 274 g/mol. The summed E-state index contributed by atoms with van der Waals surface area (Å²) in [7, 11) is 0. The number of ether oxygens (including phenoxy) is 1. The van der Waals surface area contributed by atoms with Gasteiger partial charge in [-0.25, -0.2) is 0 Å². The van der Waals surface area contributed by atoms with Crippen molar-refractivity contribution in [2.45, 2.75) is 25.3 Å². The Kier molecular flexibility index (Phi) is 3.58. The van der Waals surface area contributed by atoms with Gasteiger partial charge in [0.05, 0.1) is 5.92 Å². The van der Waals surface area contributed by atoms with Crippen molar-refractivity contribution in [1.82, 2.24) is 10.6 Å². The first kappa shape index (κ1) is 13.0. The average molecular weight is 274 g/mol. The Balaban J connectivity index is 1.57. The zero-order valence-electron chi connectivity index (χ0n) is 11.2. The average Bonchev–Trinajstić information content (AvgIpc) is 2.49. The van der Waals surface area contributed by atoms with Gasteiger partial charge in [-0.1, -0.05) is 18.2 Å². The molecule has 0 bridgehead atoms. The second-order valence-corrected chi connectivity index (χ2v) is 5.37. The molecule has 0 radical (unpaired) electrons. The molecule has 20 heavy (non-hydrogen) atoms. The SMILES string of the molecule is O=C1CCC(NC(=O)C2COc3ccccc3C2)CN1. The Morgan fingerprint density at radius 3 is 3.00 bits per heavy atom. The van der Waals surface area contributed by atoms with Gasteiger partial charge in [0.1, 0.15) is 12.4 Å². The molecular formula is C15H18N2O3. The summed E-state index contributed by atoms with van der Waals surface area (Å²) in [6.07, 6.45) is 1.90. The minimum atomic E-state index is -0.150. The lowest BCUT2D eigenvalue weighted by Crippen LogP contribution is -2.50. The number of carbonyl (C=O) groups excluding carboxylic acids is 2. The summed E-state index contributed by atoms with van der Waals surface area (Å²) in [5, 5.41) is 5.78. The van der Waals surface area contributed by atoms with Gasteiger partial charge in [-0.2, -0.15) is 0 Å². The van der Waals surface area contributed by atoms with E-state index in [1.54, 1.807) is 0 Å². The van der Waals surface area contributed by atoms with Crippen molar-refractivity contribution in [2.75, 3.05) is 13.2 Å². The van der Waals surface area contributed by atoms with E-state index in [0.717, 1.165) is 11.3 Å². The summed E-state index contributed by atoms with van der Waals surface area (Å²) in [6.45, 7) is 0.941. The molecule has 1 aromatic carbocycles. The molecule has 2 unspecified atom stereocenters. The number of carbonyl (C=O) groups is 2. The lowest BCUT2D eigenvalue weighted by atomic mass is 9.95. The van der Waals surface area contributed by atoms with Crippen LogP contribution in [0.25, 0.3) is 0 Å². The van der Waals surface area contributed by atoms with Crippen LogP contribution in [0.4, 0.5) is 0 Å². The van der Waals surface area contributed by atoms with Crippen LogP contribution in [-0.4, -0.2) is 31.0 Å². The fraction of sp³-hybridized carbons (Fsp3) is 0.467. The summed E-state index contributed by atoms with van der Waals surface area (Å²) >= 11 is 0. The maximum absolute atomic E-state index is 12.3. The molecule has 5 heteroatoms. The topological polar surface area (TPSA) is 67.4 Å². The minimum Gasteiger partial charge on any atom is -0.492 e. The maximum atomic E-state index is 12.3. The van der Waals surface area contributed by atoms with E-state index < -0.39 is 0 Å². The van der Waals surface area contributed by atoms with Crippen molar-refractivity contribution in [1.29, 1.82) is 0 Å². The van der Waals surface area contributed by atoms with E-state index in [9.17, 15) is 9.59 Å². The number of hydrogen-bond acceptors (Lipinski definition) is 3. The van der Waals surface area contributed by atoms with E-state index in [4.69, 9.17) is 4.74 Å². The van der Waals surface area contributed by atoms with Crippen LogP contribution in [0.15, 0.2) is 24.3 Å². The zero-order valence-corrected chi connectivity index (χ0v) is 11.2. The summed E-state index contributed by atoms with van der Waals surface area (Å²) < 4.78 is 5.63. The largest absolute Gasteiger partial charge is 0.492 e. The number of fused-ring (bicyclic) bond motifs is 1. The highest BCUT2D eigenvalue weighted by Gasteiger charge is 2.28. The molecule has 1 fully saturated rings. The predicted octanol–water partition coefficient (Wildman–Crippen LogP) is 0.632. The number of nitrogens with one attached hydrogen (secondary N) is 2. The standard InChI is InChI=1S/C15H18N2O3/c18-14-6-5-12(8-16-14)17-15(19)11-7-10-3-1-2-4-13(10)20-9-11/h1-4,11-12H,5-9H2,(H,16,18)(H,17,19). The van der Waals surface area contributed by atoms with E-state index in [1.807, 2.05) is 24.3 Å². The molecule has 1 saturated heterocycles. The second kappa shape index (κ2) is 5.53. The van der Waals surface area contributed by atoms with E-state index in [1.165, 1.54) is 0 Å². The normalized spacial score (nSPS) is 25.1. The lowest BCUT2D eigenvalue weighted by molar-refractivity contribution is -0.129. The molecule has 2 N–H and O–H groups in total. The van der Waals surface area contributed by atoms with Crippen molar-refractivity contribution >= 4 is 11.8 Å². The van der Waals surface area contributed by atoms with Gasteiger partial charge in [0.25, 0.3) is 0 Å². The van der Waals surface area contributed by atoms with E-state index in [-0.39, 0.29) is 23.8 Å². The van der Waals surface area contributed by atoms with Crippen LogP contribution in [0.5, 0.6) is 5.75 Å². The molecular weight excluding hydrogens is 256 g/mol. The van der Waals surface area contributed by atoms with E-state index in [0.29, 0.717) is 32.4 Å². The van der Waals surface area contributed by atoms with Crippen LogP contribution in [0.1, 0.15) is 18.4 Å². The highest BCUT2D eigenvalue weighted by molar-refractivity contribution is 5.81. The first-order valence-electron chi connectivity index (χ1n) is 7.00. The number of hydrogen-bond donors (Lipinski definition) is 2. The van der Waals surface area contributed by atoms with E-state index >= 15 is 0 Å². The first-order chi connectivity index (χ1) is 9.72. The van der Waals surface area contributed by atoms with Gasteiger partial charge in [0.2, 0.25) is 11.8 Å². The minimum absolute atomic E-state index is 0.0145. The first-order valence-corrected chi connectivity index (χ1v) is 7.00. The Morgan fingerprint density at radius 1 is 1.35 bits per heavy atom. The Bertz CT molecular complexity index is 520. The Morgan fingerprint density at radius 2 is 2.20 bits per heavy atom. The lowest BCUT2D eigenvalue weighted by Gasteiger charge is -2.28. The van der Waals surface area contributed by atoms with Crippen LogP contribution < -0.4 is 15.4 Å². The van der Waals surface area contributed by atoms with Crippen LogP contribution in [0, 0.1) is 5.92 Å². The third-order valence-corrected chi connectivity index (χ3v) is 3.86. The van der Waals surface area contributed by atoms with Crippen molar-refractivity contribution in [3.63, 3.8) is 0 Å². The van der Waals surface area contributed by atoms with Gasteiger partial charge in [-0.3, -0.25) is 9.59 Å². The molecule has 0 aromatic heterocycles. The molecule has 5 nitrogen and oxygen atoms in total. The second-order valence-electron chi connectivity index (χ2n) is 5.37. The van der Waals surface area contributed by atoms with Gasteiger partial charge in [0.15, 0.2) is 0 Å². The van der Waals surface area contributed by atoms with Crippen molar-refractivity contribution in [3.05, 3.63) is 29.8 Å². The van der Waals surface area contributed by atoms with Crippen molar-refractivity contribution in [3.8, 4) is 5.75 Å². The molecule has 2 aliphatic heterocycles. The molecule has 1 aromatic rings. The van der Waals surface area contributed by atoms with Gasteiger partial charge < -0.3 is 15.4 Å². The zero-order chi connectivity index (χ0) is 13.9. The summed E-state index contributed by atoms with van der Waals surface area (Å²) in [4.78, 5) is 23.3. The van der Waals surface area contributed by atoms with Crippen molar-refractivity contribution in [2.24, 2.45) is 5.92 Å². The Hall–Kier alpha value is -2.04. The Labute approximate surface area is 117 Å². The van der Waals surface area contributed by atoms with Gasteiger partial charge in [0, 0.05) is 19.0 Å². The summed E-state index contributed by atoms with van der Waals surface area (Å²) in [5.41, 5.74) is 1.08. The molecule has 2 heterocycles. The van der Waals surface area contributed by atoms with Gasteiger partial charge in [-0.05, 0) is 24.5 Å². The molecule has 0 saturated carbocycles. The molecule has 2 aliphatic rings. The quantitative estimate of drug-likeness (QED) is 0.831. The highest BCUT2D eigenvalue weighted by atomic mass is 16.5. The predicted molar refractivity (Wildman–Crippen MR) is 73.3 cm³/mol. The van der Waals surface area contributed by atoms with E-state index in [2.05, 4.69) is 10.6 Å². The summed E-state index contributed by atoms with van der Waals surface area (Å²) in [6, 6.07) is 7.86. The third-order valence-electron chi connectivity index (χ3n) is 3.86. The number of amides is 2. The molecule has 2 atom stereocenters. The van der Waals surface area contributed by atoms with Gasteiger partial charge >= 0.3 is 0 Å². The number of para-hydroxylation sites is 1. The van der Waals surface area contributed by atoms with Crippen LogP contribution in [0.2, 0.25) is 0 Å². The molecule has 106 valence electrons.